The lowest BCUT2D eigenvalue weighted by molar-refractivity contribution is 0.396. The first kappa shape index (κ1) is 18.9. The van der Waals surface area contributed by atoms with Crippen molar-refractivity contribution in [1.82, 2.24) is 20.2 Å². The lowest BCUT2D eigenvalue weighted by Gasteiger charge is -2.34. The van der Waals surface area contributed by atoms with Gasteiger partial charge in [-0.05, 0) is 34.9 Å². The first-order valence-corrected chi connectivity index (χ1v) is 10.3. The molecule has 1 aromatic heterocycles. The fourth-order valence-electron chi connectivity index (χ4n) is 4.14. The minimum atomic E-state index is -0.751. The van der Waals surface area contributed by atoms with Gasteiger partial charge >= 0.3 is 0 Å². The SMILES string of the molecule is Cc1cccc(-c2nnn(C(c3ccccc3)(c3ccccc3)c3ccccc3)n2)c1. The molecule has 0 saturated heterocycles. The molecular formula is C27H22N4. The van der Waals surface area contributed by atoms with Crippen molar-refractivity contribution in [1.29, 1.82) is 0 Å². The molecule has 31 heavy (non-hydrogen) atoms. The van der Waals surface area contributed by atoms with Crippen LogP contribution in [0.1, 0.15) is 22.3 Å². The Balaban J connectivity index is 1.81. The fourth-order valence-corrected chi connectivity index (χ4v) is 4.14. The molecule has 1 heterocycles. The van der Waals surface area contributed by atoms with Gasteiger partial charge in [-0.2, -0.15) is 0 Å². The summed E-state index contributed by atoms with van der Waals surface area (Å²) in [6.45, 7) is 2.07. The van der Waals surface area contributed by atoms with Gasteiger partial charge in [-0.1, -0.05) is 115 Å². The van der Waals surface area contributed by atoms with E-state index in [1.165, 1.54) is 0 Å². The van der Waals surface area contributed by atoms with Crippen molar-refractivity contribution in [2.45, 2.75) is 12.5 Å². The van der Waals surface area contributed by atoms with Crippen LogP contribution in [0, 0.1) is 6.92 Å². The van der Waals surface area contributed by atoms with Crippen LogP contribution in [0.2, 0.25) is 0 Å². The molecule has 5 rings (SSSR count). The number of hydrogen-bond acceptors (Lipinski definition) is 3. The summed E-state index contributed by atoms with van der Waals surface area (Å²) in [5, 5.41) is 14.0. The molecule has 0 saturated carbocycles. The third-order valence-electron chi connectivity index (χ3n) is 5.56. The van der Waals surface area contributed by atoms with Crippen LogP contribution < -0.4 is 0 Å². The van der Waals surface area contributed by atoms with Gasteiger partial charge in [-0.25, -0.2) is 0 Å². The zero-order valence-corrected chi connectivity index (χ0v) is 17.3. The van der Waals surface area contributed by atoms with E-state index in [2.05, 4.69) is 65.8 Å². The minimum Gasteiger partial charge on any atom is -0.144 e. The Morgan fingerprint density at radius 2 is 1.13 bits per heavy atom. The predicted octanol–water partition coefficient (Wildman–Crippen LogP) is 5.49. The summed E-state index contributed by atoms with van der Waals surface area (Å²) in [7, 11) is 0. The van der Waals surface area contributed by atoms with Crippen LogP contribution in [-0.4, -0.2) is 20.2 Å². The predicted molar refractivity (Wildman–Crippen MR) is 123 cm³/mol. The summed E-state index contributed by atoms with van der Waals surface area (Å²) in [6.07, 6.45) is 0. The summed E-state index contributed by atoms with van der Waals surface area (Å²) in [6, 6.07) is 39.3. The molecule has 0 atom stereocenters. The van der Waals surface area contributed by atoms with Crippen molar-refractivity contribution in [2.24, 2.45) is 0 Å². The van der Waals surface area contributed by atoms with E-state index in [1.54, 1.807) is 4.80 Å². The summed E-state index contributed by atoms with van der Waals surface area (Å²) >= 11 is 0. The van der Waals surface area contributed by atoms with Crippen molar-refractivity contribution in [2.75, 3.05) is 0 Å². The number of tetrazole rings is 1. The number of aromatic nitrogens is 4. The second kappa shape index (κ2) is 8.00. The van der Waals surface area contributed by atoms with Crippen molar-refractivity contribution in [3.63, 3.8) is 0 Å². The highest BCUT2D eigenvalue weighted by Gasteiger charge is 2.41. The Hall–Kier alpha value is -4.05. The molecule has 150 valence electrons. The normalized spacial score (nSPS) is 11.4. The van der Waals surface area contributed by atoms with E-state index >= 15 is 0 Å². The third kappa shape index (κ3) is 3.32. The van der Waals surface area contributed by atoms with Crippen molar-refractivity contribution in [3.8, 4) is 11.4 Å². The van der Waals surface area contributed by atoms with Crippen molar-refractivity contribution < 1.29 is 0 Å². The maximum Gasteiger partial charge on any atom is 0.204 e. The standard InChI is InChI=1S/C27H22N4/c1-21-12-11-13-22(20-21)26-28-30-31(29-26)27(23-14-5-2-6-15-23,24-16-7-3-8-17-24)25-18-9-4-10-19-25/h2-20H,1H3. The molecule has 0 spiro atoms. The van der Waals surface area contributed by atoms with Gasteiger partial charge in [0.15, 0.2) is 5.54 Å². The molecule has 5 aromatic rings. The number of hydrogen-bond donors (Lipinski definition) is 0. The lowest BCUT2D eigenvalue weighted by atomic mass is 9.77. The summed E-state index contributed by atoms with van der Waals surface area (Å²) < 4.78 is 0. The Bertz CT molecular complexity index is 1180. The van der Waals surface area contributed by atoms with Gasteiger partial charge in [0.25, 0.3) is 0 Å². The minimum absolute atomic E-state index is 0.607. The highest BCUT2D eigenvalue weighted by Crippen LogP contribution is 2.39. The van der Waals surface area contributed by atoms with Gasteiger partial charge < -0.3 is 0 Å². The molecule has 0 amide bonds. The maximum absolute atomic E-state index is 4.92. The molecule has 0 bridgehead atoms. The van der Waals surface area contributed by atoms with Crippen molar-refractivity contribution >= 4 is 0 Å². The van der Waals surface area contributed by atoms with Crippen LogP contribution in [0.3, 0.4) is 0 Å². The van der Waals surface area contributed by atoms with E-state index < -0.39 is 5.54 Å². The Labute approximate surface area is 181 Å². The second-order valence-electron chi connectivity index (χ2n) is 7.58. The number of rotatable bonds is 5. The van der Waals surface area contributed by atoms with E-state index in [9.17, 15) is 0 Å². The molecule has 4 aromatic carbocycles. The molecule has 0 N–H and O–H groups in total. The van der Waals surface area contributed by atoms with Crippen LogP contribution in [0.5, 0.6) is 0 Å². The second-order valence-corrected chi connectivity index (χ2v) is 7.58. The van der Waals surface area contributed by atoms with E-state index in [4.69, 9.17) is 5.10 Å². The molecule has 4 nitrogen and oxygen atoms in total. The molecule has 0 aliphatic rings. The lowest BCUT2D eigenvalue weighted by Crippen LogP contribution is -2.39. The quantitative estimate of drug-likeness (QED) is 0.365. The third-order valence-corrected chi connectivity index (χ3v) is 5.56. The van der Waals surface area contributed by atoms with E-state index in [1.807, 2.05) is 66.7 Å². The van der Waals surface area contributed by atoms with Gasteiger partial charge in [0.2, 0.25) is 5.82 Å². The van der Waals surface area contributed by atoms with Gasteiger partial charge in [-0.3, -0.25) is 0 Å². The van der Waals surface area contributed by atoms with Crippen LogP contribution in [-0.2, 0) is 5.54 Å². The molecule has 0 fully saturated rings. The van der Waals surface area contributed by atoms with Crippen LogP contribution in [0.25, 0.3) is 11.4 Å². The van der Waals surface area contributed by atoms with E-state index in [-0.39, 0.29) is 0 Å². The summed E-state index contributed by atoms with van der Waals surface area (Å²) in [5.41, 5.74) is 4.57. The molecule has 0 unspecified atom stereocenters. The van der Waals surface area contributed by atoms with Crippen LogP contribution >= 0.6 is 0 Å². The smallest absolute Gasteiger partial charge is 0.144 e. The monoisotopic (exact) mass is 402 g/mol. The largest absolute Gasteiger partial charge is 0.204 e. The van der Waals surface area contributed by atoms with E-state index in [0.29, 0.717) is 5.82 Å². The van der Waals surface area contributed by atoms with Gasteiger partial charge in [-0.15, -0.1) is 15.0 Å². The van der Waals surface area contributed by atoms with Gasteiger partial charge in [0.1, 0.15) is 0 Å². The topological polar surface area (TPSA) is 43.6 Å². The zero-order chi connectivity index (χ0) is 21.1. The maximum atomic E-state index is 4.92. The average molecular weight is 403 g/mol. The number of aryl methyl sites for hydroxylation is 1. The molecule has 4 heteroatoms. The molecule has 0 aliphatic heterocycles. The van der Waals surface area contributed by atoms with Crippen molar-refractivity contribution in [3.05, 3.63) is 138 Å². The van der Waals surface area contributed by atoms with Gasteiger partial charge in [0.05, 0.1) is 0 Å². The Kier molecular flexibility index (Phi) is 4.89. The first-order chi connectivity index (χ1) is 15.3. The first-order valence-electron chi connectivity index (χ1n) is 10.3. The Morgan fingerprint density at radius 1 is 0.613 bits per heavy atom. The van der Waals surface area contributed by atoms with Gasteiger partial charge in [0, 0.05) is 5.56 Å². The molecule has 0 aliphatic carbocycles. The molecular weight excluding hydrogens is 380 g/mol. The van der Waals surface area contributed by atoms with Crippen LogP contribution in [0.15, 0.2) is 115 Å². The summed E-state index contributed by atoms with van der Waals surface area (Å²) in [4.78, 5) is 1.75. The zero-order valence-electron chi connectivity index (χ0n) is 17.3. The Morgan fingerprint density at radius 3 is 1.61 bits per heavy atom. The molecule has 0 radical (unpaired) electrons. The van der Waals surface area contributed by atoms with E-state index in [0.717, 1.165) is 27.8 Å². The highest BCUT2D eigenvalue weighted by molar-refractivity contribution is 5.56. The fraction of sp³-hybridized carbons (Fsp3) is 0.0741. The number of benzene rings is 4. The van der Waals surface area contributed by atoms with Crippen LogP contribution in [0.4, 0.5) is 0 Å². The summed E-state index contributed by atoms with van der Waals surface area (Å²) in [5.74, 6) is 0.607. The number of nitrogens with zero attached hydrogens (tertiary/aromatic N) is 4. The average Bonchev–Trinajstić information content (AvgIpc) is 3.32. The highest BCUT2D eigenvalue weighted by atomic mass is 15.6.